The van der Waals surface area contributed by atoms with Crippen molar-refractivity contribution in [2.75, 3.05) is 19.1 Å². The fourth-order valence-corrected chi connectivity index (χ4v) is 5.41. The molecule has 1 atom stereocenters. The van der Waals surface area contributed by atoms with Gasteiger partial charge >= 0.3 is 0 Å². The van der Waals surface area contributed by atoms with Gasteiger partial charge in [0.2, 0.25) is 5.78 Å². The van der Waals surface area contributed by atoms with E-state index >= 15 is 0 Å². The number of aryl methyl sites for hydroxylation is 2. The molecule has 4 aromatic rings. The number of furan rings is 1. The van der Waals surface area contributed by atoms with Gasteiger partial charge in [0, 0.05) is 5.56 Å². The van der Waals surface area contributed by atoms with Crippen molar-refractivity contribution in [2.45, 2.75) is 26.3 Å². The molecule has 184 valence electrons. The number of hydrogen-bond donors (Lipinski definition) is 1. The number of anilines is 1. The second kappa shape index (κ2) is 9.16. The molecule has 0 saturated carbocycles. The molecule has 1 amide bonds. The number of thiazole rings is 1. The number of rotatable bonds is 7. The smallest absolute Gasteiger partial charge is 0.296 e. The molecule has 36 heavy (non-hydrogen) atoms. The first kappa shape index (κ1) is 23.6. The topological polar surface area (TPSA) is 102 Å². The molecular weight excluding hydrogens is 480 g/mol. The molecule has 0 fully saturated rings. The molecule has 5 rings (SSSR count). The Balaban J connectivity index is 1.72. The molecule has 2 aromatic heterocycles. The van der Waals surface area contributed by atoms with Crippen molar-refractivity contribution in [3.8, 4) is 11.5 Å². The van der Waals surface area contributed by atoms with Crippen molar-refractivity contribution in [1.29, 1.82) is 0 Å². The van der Waals surface area contributed by atoms with Crippen molar-refractivity contribution in [2.24, 2.45) is 0 Å². The van der Waals surface area contributed by atoms with Crippen molar-refractivity contribution in [3.63, 3.8) is 0 Å². The van der Waals surface area contributed by atoms with E-state index in [9.17, 15) is 14.7 Å². The van der Waals surface area contributed by atoms with Crippen LogP contribution in [-0.2, 0) is 11.2 Å². The van der Waals surface area contributed by atoms with Crippen LogP contribution in [0.1, 0.15) is 40.4 Å². The zero-order valence-electron chi connectivity index (χ0n) is 20.2. The Morgan fingerprint density at radius 3 is 2.61 bits per heavy atom. The van der Waals surface area contributed by atoms with Crippen LogP contribution in [0.5, 0.6) is 11.5 Å². The molecule has 0 saturated heterocycles. The molecule has 9 heteroatoms. The number of aromatic nitrogens is 1. The average Bonchev–Trinajstić information content (AvgIpc) is 3.58. The minimum Gasteiger partial charge on any atom is -0.503 e. The molecule has 1 unspecified atom stereocenters. The lowest BCUT2D eigenvalue weighted by Crippen LogP contribution is -2.31. The molecule has 8 nitrogen and oxygen atoms in total. The molecular formula is C27H24N2O6S. The SMILES string of the molecule is CCc1ccc2nc(N3C(=O)C(O)=C(C(=O)c4ccc(C)o4)C3c3cc(OC)ccc3OC)sc2c1. The van der Waals surface area contributed by atoms with Gasteiger partial charge in [-0.15, -0.1) is 0 Å². The van der Waals surface area contributed by atoms with Crippen LogP contribution in [0.3, 0.4) is 0 Å². The first-order valence-electron chi connectivity index (χ1n) is 11.4. The normalized spacial score (nSPS) is 15.7. The number of aliphatic hydroxyl groups is 1. The number of Topliss-reactive ketones (excluding diaryl/α,β-unsaturated/α-hetero) is 1. The van der Waals surface area contributed by atoms with E-state index in [1.165, 1.54) is 36.5 Å². The number of ether oxygens (including phenoxy) is 2. The summed E-state index contributed by atoms with van der Waals surface area (Å²) in [5, 5.41) is 11.4. The number of fused-ring (bicyclic) bond motifs is 1. The average molecular weight is 505 g/mol. The van der Waals surface area contributed by atoms with Crippen LogP contribution in [0.25, 0.3) is 10.2 Å². The van der Waals surface area contributed by atoms with Gasteiger partial charge in [-0.25, -0.2) is 4.98 Å². The highest BCUT2D eigenvalue weighted by atomic mass is 32.1. The maximum absolute atomic E-state index is 13.6. The number of ketones is 1. The van der Waals surface area contributed by atoms with E-state index < -0.39 is 23.5 Å². The standard InChI is InChI=1S/C27H24N2O6S/c1-5-15-7-9-18-21(12-15)36-27(28-18)29-23(17-13-16(33-3)8-11-19(17)34-4)22(25(31)26(29)32)24(30)20-10-6-14(2)35-20/h6-13,23,31H,5H2,1-4H3. The lowest BCUT2D eigenvalue weighted by Gasteiger charge is -2.26. The van der Waals surface area contributed by atoms with Crippen LogP contribution in [0, 0.1) is 6.92 Å². The summed E-state index contributed by atoms with van der Waals surface area (Å²) in [5.74, 6) is -0.504. The predicted octanol–water partition coefficient (Wildman–Crippen LogP) is 5.56. The first-order valence-corrected chi connectivity index (χ1v) is 12.2. The predicted molar refractivity (Wildman–Crippen MR) is 136 cm³/mol. The number of carbonyl (C=O) groups is 2. The number of hydrogen-bond acceptors (Lipinski definition) is 8. The Morgan fingerprint density at radius 2 is 1.94 bits per heavy atom. The Morgan fingerprint density at radius 1 is 1.14 bits per heavy atom. The van der Waals surface area contributed by atoms with Gasteiger partial charge in [-0.3, -0.25) is 14.5 Å². The Bertz CT molecular complexity index is 1530. The van der Waals surface area contributed by atoms with E-state index in [0.717, 1.165) is 22.2 Å². The minimum absolute atomic E-state index is 0.0208. The van der Waals surface area contributed by atoms with Crippen LogP contribution in [-0.4, -0.2) is 36.0 Å². The Hall–Kier alpha value is -4.11. The monoisotopic (exact) mass is 504 g/mol. The van der Waals surface area contributed by atoms with E-state index in [0.29, 0.717) is 28.0 Å². The van der Waals surface area contributed by atoms with E-state index in [2.05, 4.69) is 11.9 Å². The molecule has 0 spiro atoms. The molecule has 1 aliphatic rings. The van der Waals surface area contributed by atoms with Crippen molar-refractivity contribution in [1.82, 2.24) is 4.98 Å². The number of carbonyl (C=O) groups excluding carboxylic acids is 2. The summed E-state index contributed by atoms with van der Waals surface area (Å²) in [6, 6.07) is 13.2. The molecule has 0 aliphatic carbocycles. The highest BCUT2D eigenvalue weighted by Gasteiger charge is 2.47. The third kappa shape index (κ3) is 3.81. The van der Waals surface area contributed by atoms with Gasteiger partial charge in [-0.2, -0.15) is 0 Å². The van der Waals surface area contributed by atoms with Crippen LogP contribution < -0.4 is 14.4 Å². The molecule has 3 heterocycles. The number of aliphatic hydroxyl groups excluding tert-OH is 1. The second-order valence-electron chi connectivity index (χ2n) is 8.34. The Labute approximate surface area is 211 Å². The minimum atomic E-state index is -1.02. The summed E-state index contributed by atoms with van der Waals surface area (Å²) >= 11 is 1.31. The number of benzene rings is 2. The lowest BCUT2D eigenvalue weighted by atomic mass is 9.94. The summed E-state index contributed by atoms with van der Waals surface area (Å²) in [6.07, 6.45) is 0.860. The fourth-order valence-electron chi connectivity index (χ4n) is 4.35. The van der Waals surface area contributed by atoms with Gasteiger partial charge in [0.15, 0.2) is 16.7 Å². The van der Waals surface area contributed by atoms with Gasteiger partial charge < -0.3 is 19.0 Å². The van der Waals surface area contributed by atoms with Gasteiger partial charge in [0.25, 0.3) is 5.91 Å². The van der Waals surface area contributed by atoms with Crippen LogP contribution in [0.15, 0.2) is 64.3 Å². The summed E-state index contributed by atoms with van der Waals surface area (Å²) in [6.45, 7) is 3.78. The highest BCUT2D eigenvalue weighted by Crippen LogP contribution is 2.47. The van der Waals surface area contributed by atoms with Crippen molar-refractivity contribution >= 4 is 38.4 Å². The largest absolute Gasteiger partial charge is 0.503 e. The van der Waals surface area contributed by atoms with E-state index in [1.54, 1.807) is 31.2 Å². The lowest BCUT2D eigenvalue weighted by molar-refractivity contribution is -0.117. The fraction of sp³-hybridized carbons (Fsp3) is 0.222. The Kier molecular flexibility index (Phi) is 6.01. The third-order valence-corrected chi connectivity index (χ3v) is 7.22. The van der Waals surface area contributed by atoms with Gasteiger partial charge in [-0.1, -0.05) is 24.3 Å². The number of methoxy groups -OCH3 is 2. The quantitative estimate of drug-likeness (QED) is 0.329. The summed E-state index contributed by atoms with van der Waals surface area (Å²) in [4.78, 5) is 33.1. The maximum atomic E-state index is 13.6. The zero-order chi connectivity index (χ0) is 25.6. The van der Waals surface area contributed by atoms with Gasteiger partial charge in [0.05, 0.1) is 30.0 Å². The van der Waals surface area contributed by atoms with Crippen molar-refractivity contribution < 1.29 is 28.6 Å². The van der Waals surface area contributed by atoms with Crippen LogP contribution >= 0.6 is 11.3 Å². The summed E-state index contributed by atoms with van der Waals surface area (Å²) < 4.78 is 17.4. The summed E-state index contributed by atoms with van der Waals surface area (Å²) in [5.41, 5.74) is 2.21. The molecule has 1 aliphatic heterocycles. The maximum Gasteiger partial charge on any atom is 0.296 e. The number of amides is 1. The third-order valence-electron chi connectivity index (χ3n) is 6.20. The summed E-state index contributed by atoms with van der Waals surface area (Å²) in [7, 11) is 3.02. The van der Waals surface area contributed by atoms with Gasteiger partial charge in [0.1, 0.15) is 23.3 Å². The highest BCUT2D eigenvalue weighted by molar-refractivity contribution is 7.22. The van der Waals surface area contributed by atoms with Crippen LogP contribution in [0.2, 0.25) is 0 Å². The second-order valence-corrected chi connectivity index (χ2v) is 9.35. The molecule has 1 N–H and O–H groups in total. The van der Waals surface area contributed by atoms with E-state index in [4.69, 9.17) is 13.9 Å². The molecule has 0 radical (unpaired) electrons. The number of nitrogens with zero attached hydrogens (tertiary/aromatic N) is 2. The molecule has 0 bridgehead atoms. The first-order chi connectivity index (χ1) is 17.4. The van der Waals surface area contributed by atoms with Crippen molar-refractivity contribution in [3.05, 3.63) is 82.5 Å². The van der Waals surface area contributed by atoms with Gasteiger partial charge in [-0.05, 0) is 61.4 Å². The zero-order valence-corrected chi connectivity index (χ0v) is 21.0. The van der Waals surface area contributed by atoms with Crippen LogP contribution in [0.4, 0.5) is 5.13 Å². The van der Waals surface area contributed by atoms with E-state index in [-0.39, 0.29) is 11.3 Å². The molecule has 2 aromatic carbocycles. The van der Waals surface area contributed by atoms with E-state index in [1.807, 2.05) is 18.2 Å².